The second kappa shape index (κ2) is 6.08. The van der Waals surface area contributed by atoms with Crippen LogP contribution in [0.1, 0.15) is 28.8 Å². The molecule has 1 saturated heterocycles. The van der Waals surface area contributed by atoms with Crippen LogP contribution >= 0.6 is 0 Å². The van der Waals surface area contributed by atoms with Crippen LogP contribution in [0.25, 0.3) is 0 Å². The highest BCUT2D eigenvalue weighted by atomic mass is 16.7. The summed E-state index contributed by atoms with van der Waals surface area (Å²) in [6.07, 6.45) is 0.869. The van der Waals surface area contributed by atoms with E-state index in [9.17, 15) is 0 Å². The van der Waals surface area contributed by atoms with Crippen molar-refractivity contribution in [2.45, 2.75) is 24.9 Å². The minimum atomic E-state index is -0.0928. The molecule has 2 aliphatic rings. The lowest BCUT2D eigenvalue weighted by molar-refractivity contribution is -0.254. The van der Waals surface area contributed by atoms with Crippen molar-refractivity contribution in [1.29, 1.82) is 0 Å². The topological polar surface area (TPSA) is 21.7 Å². The Morgan fingerprint density at radius 3 is 2.52 bits per heavy atom. The first-order chi connectivity index (χ1) is 11.2. The van der Waals surface area contributed by atoms with Crippen molar-refractivity contribution in [3.05, 3.63) is 71.3 Å². The summed E-state index contributed by atoms with van der Waals surface area (Å²) in [6, 6.07) is 19.6. The van der Waals surface area contributed by atoms with Gasteiger partial charge in [0.2, 0.25) is 0 Å². The Hall–Kier alpha value is -1.68. The van der Waals surface area contributed by atoms with Gasteiger partial charge in [0.05, 0.1) is 12.7 Å². The molecule has 4 rings (SSSR count). The van der Waals surface area contributed by atoms with E-state index in [4.69, 9.17) is 9.47 Å². The summed E-state index contributed by atoms with van der Waals surface area (Å²) >= 11 is 0. The highest BCUT2D eigenvalue weighted by Crippen LogP contribution is 2.45. The van der Waals surface area contributed by atoms with E-state index in [1.807, 2.05) is 0 Å². The zero-order valence-corrected chi connectivity index (χ0v) is 13.7. The van der Waals surface area contributed by atoms with E-state index in [1.54, 1.807) is 0 Å². The van der Waals surface area contributed by atoms with E-state index in [-0.39, 0.29) is 24.4 Å². The van der Waals surface area contributed by atoms with E-state index in [2.05, 4.69) is 73.6 Å². The van der Waals surface area contributed by atoms with Crippen molar-refractivity contribution < 1.29 is 9.47 Å². The average molecular weight is 309 g/mol. The third kappa shape index (κ3) is 2.69. The van der Waals surface area contributed by atoms with Crippen LogP contribution in [0, 0.1) is 5.92 Å². The molecule has 0 spiro atoms. The summed E-state index contributed by atoms with van der Waals surface area (Å²) in [6.45, 7) is 0.738. The second-order valence-electron chi connectivity index (χ2n) is 6.71. The number of fused-ring (bicyclic) bond motifs is 4. The molecule has 2 aromatic rings. The van der Waals surface area contributed by atoms with Gasteiger partial charge in [0, 0.05) is 18.4 Å². The van der Waals surface area contributed by atoms with Gasteiger partial charge < -0.3 is 14.4 Å². The summed E-state index contributed by atoms with van der Waals surface area (Å²) in [7, 11) is 4.27. The molecule has 23 heavy (non-hydrogen) atoms. The number of hydrogen-bond acceptors (Lipinski definition) is 3. The van der Waals surface area contributed by atoms with Crippen LogP contribution in [0.3, 0.4) is 0 Å². The molecule has 3 heteroatoms. The number of benzene rings is 2. The van der Waals surface area contributed by atoms with Crippen LogP contribution in [0.15, 0.2) is 54.6 Å². The Morgan fingerprint density at radius 2 is 1.74 bits per heavy atom. The molecule has 3 nitrogen and oxygen atoms in total. The van der Waals surface area contributed by atoms with Crippen LogP contribution in [0.4, 0.5) is 0 Å². The van der Waals surface area contributed by atoms with Gasteiger partial charge in [-0.1, -0.05) is 54.6 Å². The van der Waals surface area contributed by atoms with Gasteiger partial charge in [-0.15, -0.1) is 0 Å². The van der Waals surface area contributed by atoms with Crippen molar-refractivity contribution in [3.63, 3.8) is 0 Å². The van der Waals surface area contributed by atoms with Gasteiger partial charge in [0.1, 0.15) is 0 Å². The SMILES string of the molecule is CN(C)[C@@H](c1ccccc1)[C@@H]1CO[C@H]2Cc3ccccc3[C@@H]1O2. The molecular weight excluding hydrogens is 286 g/mol. The standard InChI is InChI=1S/C20H23NO2/c1-21(2)19(14-8-4-3-5-9-14)17-13-22-18-12-15-10-6-7-11-16(15)20(17)23-18/h3-11,17-20H,12-13H2,1-2H3/t17-,18+,19-,20-/m0/s1. The Morgan fingerprint density at radius 1 is 1.00 bits per heavy atom. The van der Waals surface area contributed by atoms with Crippen LogP contribution in [0.5, 0.6) is 0 Å². The summed E-state index contributed by atoms with van der Waals surface area (Å²) in [5.41, 5.74) is 4.01. The summed E-state index contributed by atoms with van der Waals surface area (Å²) in [5.74, 6) is 0.282. The van der Waals surface area contributed by atoms with Gasteiger partial charge in [-0.05, 0) is 30.8 Å². The minimum absolute atomic E-state index is 0.0928. The highest BCUT2D eigenvalue weighted by Gasteiger charge is 2.42. The maximum Gasteiger partial charge on any atom is 0.162 e. The summed E-state index contributed by atoms with van der Waals surface area (Å²) in [5, 5.41) is 0. The molecule has 2 aromatic carbocycles. The van der Waals surface area contributed by atoms with Crippen LogP contribution in [-0.2, 0) is 15.9 Å². The normalized spacial score (nSPS) is 27.5. The first kappa shape index (κ1) is 14.9. The number of ether oxygens (including phenoxy) is 2. The summed E-state index contributed by atoms with van der Waals surface area (Å²) in [4.78, 5) is 2.28. The first-order valence-corrected chi connectivity index (χ1v) is 8.30. The van der Waals surface area contributed by atoms with Crippen molar-refractivity contribution >= 4 is 0 Å². The van der Waals surface area contributed by atoms with Gasteiger partial charge in [-0.2, -0.15) is 0 Å². The molecule has 4 atom stereocenters. The maximum absolute atomic E-state index is 6.27. The molecule has 0 saturated carbocycles. The molecule has 0 unspecified atom stereocenters. The van der Waals surface area contributed by atoms with Crippen LogP contribution < -0.4 is 0 Å². The Labute approximate surface area is 137 Å². The fraction of sp³-hybridized carbons (Fsp3) is 0.400. The Kier molecular flexibility index (Phi) is 3.93. The Bertz CT molecular complexity index is 670. The number of rotatable bonds is 3. The Balaban J connectivity index is 1.74. The fourth-order valence-corrected chi connectivity index (χ4v) is 4.03. The number of hydrogen-bond donors (Lipinski definition) is 0. The molecule has 0 N–H and O–H groups in total. The van der Waals surface area contributed by atoms with Crippen LogP contribution in [0.2, 0.25) is 0 Å². The monoisotopic (exact) mass is 309 g/mol. The lowest BCUT2D eigenvalue weighted by Crippen LogP contribution is -2.45. The lowest BCUT2D eigenvalue weighted by atomic mass is 9.81. The quantitative estimate of drug-likeness (QED) is 0.865. The third-order valence-corrected chi connectivity index (χ3v) is 5.01. The molecule has 0 aliphatic carbocycles. The predicted molar refractivity (Wildman–Crippen MR) is 90.1 cm³/mol. The van der Waals surface area contributed by atoms with E-state index in [1.165, 1.54) is 16.7 Å². The van der Waals surface area contributed by atoms with Crippen molar-refractivity contribution in [2.75, 3.05) is 20.7 Å². The van der Waals surface area contributed by atoms with Gasteiger partial charge in [-0.25, -0.2) is 0 Å². The lowest BCUT2D eigenvalue weighted by Gasteiger charge is -2.46. The average Bonchev–Trinajstić information content (AvgIpc) is 2.58. The first-order valence-electron chi connectivity index (χ1n) is 8.30. The van der Waals surface area contributed by atoms with Gasteiger partial charge >= 0.3 is 0 Å². The molecule has 120 valence electrons. The van der Waals surface area contributed by atoms with E-state index < -0.39 is 0 Å². The fourth-order valence-electron chi connectivity index (χ4n) is 4.03. The van der Waals surface area contributed by atoms with Crippen molar-refractivity contribution in [1.82, 2.24) is 4.90 Å². The molecule has 2 heterocycles. The molecule has 0 amide bonds. The van der Waals surface area contributed by atoms with Gasteiger partial charge in [-0.3, -0.25) is 0 Å². The van der Waals surface area contributed by atoms with Gasteiger partial charge in [0.15, 0.2) is 6.29 Å². The van der Waals surface area contributed by atoms with E-state index in [0.717, 1.165) is 13.0 Å². The third-order valence-electron chi connectivity index (χ3n) is 5.01. The molecule has 2 bridgehead atoms. The second-order valence-corrected chi connectivity index (χ2v) is 6.71. The molecule has 1 fully saturated rings. The predicted octanol–water partition coefficient (Wildman–Crippen LogP) is 3.58. The smallest absolute Gasteiger partial charge is 0.162 e. The number of nitrogens with zero attached hydrogens (tertiary/aromatic N) is 1. The maximum atomic E-state index is 6.27. The molecule has 2 aliphatic heterocycles. The molecular formula is C20H23NO2. The van der Waals surface area contributed by atoms with Crippen molar-refractivity contribution in [3.8, 4) is 0 Å². The molecule has 0 radical (unpaired) electrons. The van der Waals surface area contributed by atoms with E-state index >= 15 is 0 Å². The van der Waals surface area contributed by atoms with E-state index in [0.29, 0.717) is 0 Å². The minimum Gasteiger partial charge on any atom is -0.352 e. The zero-order chi connectivity index (χ0) is 15.8. The summed E-state index contributed by atoms with van der Waals surface area (Å²) < 4.78 is 12.3. The van der Waals surface area contributed by atoms with Crippen molar-refractivity contribution in [2.24, 2.45) is 5.92 Å². The zero-order valence-electron chi connectivity index (χ0n) is 13.7. The van der Waals surface area contributed by atoms with Crippen LogP contribution in [-0.4, -0.2) is 31.9 Å². The van der Waals surface area contributed by atoms with Gasteiger partial charge in [0.25, 0.3) is 0 Å². The largest absolute Gasteiger partial charge is 0.352 e. The highest BCUT2D eigenvalue weighted by molar-refractivity contribution is 5.33. The molecule has 0 aromatic heterocycles.